The van der Waals surface area contributed by atoms with E-state index in [0.717, 1.165) is 12.5 Å². The molecule has 0 unspecified atom stereocenters. The Morgan fingerprint density at radius 2 is 1.08 bits per heavy atom. The summed E-state index contributed by atoms with van der Waals surface area (Å²) in [6, 6.07) is 12.5. The van der Waals surface area contributed by atoms with Gasteiger partial charge in [-0.05, 0) is 47.5 Å². The third kappa shape index (κ3) is 7.82. The number of sulfonamides is 2. The van der Waals surface area contributed by atoms with Gasteiger partial charge in [-0.1, -0.05) is 12.1 Å². The Balaban J connectivity index is 2.12. The molecule has 37 heavy (non-hydrogen) atoms. The van der Waals surface area contributed by atoms with Crippen molar-refractivity contribution in [2.45, 2.75) is 12.8 Å². The van der Waals surface area contributed by atoms with Gasteiger partial charge in [-0.2, -0.15) is 0 Å². The van der Waals surface area contributed by atoms with Crippen molar-refractivity contribution in [3.63, 3.8) is 0 Å². The highest BCUT2D eigenvalue weighted by molar-refractivity contribution is 7.92. The molecule has 2 N–H and O–H groups in total. The molecule has 13 heteroatoms. The Bertz CT molecular complexity index is 1430. The first-order valence-electron chi connectivity index (χ1n) is 10.7. The monoisotopic (exact) mass is 550 g/mol. The highest BCUT2D eigenvalue weighted by Gasteiger charge is 2.19. The highest BCUT2D eigenvalue weighted by Crippen LogP contribution is 2.35. The number of nitrogens with one attached hydrogen (secondary N) is 2. The van der Waals surface area contributed by atoms with Crippen LogP contribution in [0.3, 0.4) is 0 Å². The molecule has 0 fully saturated rings. The number of furan rings is 1. The van der Waals surface area contributed by atoms with E-state index in [1.54, 1.807) is 24.3 Å². The van der Waals surface area contributed by atoms with E-state index in [2.05, 4.69) is 9.44 Å². The van der Waals surface area contributed by atoms with Crippen molar-refractivity contribution >= 4 is 43.4 Å². The van der Waals surface area contributed by atoms with Crippen molar-refractivity contribution < 1.29 is 40.3 Å². The van der Waals surface area contributed by atoms with Crippen LogP contribution in [-0.4, -0.2) is 55.5 Å². The second kappa shape index (κ2) is 11.0. The van der Waals surface area contributed by atoms with E-state index in [1.165, 1.54) is 38.5 Å². The molecular formula is C24H26N2O9S2. The molecule has 1 heterocycles. The molecule has 198 valence electrons. The number of hydrogen-bond acceptors (Lipinski definition) is 9. The summed E-state index contributed by atoms with van der Waals surface area (Å²) in [5.74, 6) is -0.401. The zero-order valence-electron chi connectivity index (χ0n) is 20.5. The topological polar surface area (TPSA) is 158 Å². The van der Waals surface area contributed by atoms with E-state index >= 15 is 0 Å². The number of benzene rings is 2. The first-order chi connectivity index (χ1) is 17.3. The minimum atomic E-state index is -3.57. The van der Waals surface area contributed by atoms with Crippen LogP contribution in [0.1, 0.15) is 11.1 Å². The molecule has 2 aromatic carbocycles. The molecule has 0 amide bonds. The Morgan fingerprint density at radius 3 is 1.41 bits per heavy atom. The number of anilines is 2. The SMILES string of the molecule is COC(=O)Cc1ccc(NS(C)(=O)=O)cc1-c1ccc(-c2cc(NS(C)(=O)=O)ccc2CC(=O)OC)o1. The van der Waals surface area contributed by atoms with Crippen molar-refractivity contribution in [3.05, 3.63) is 59.7 Å². The number of methoxy groups -OCH3 is 2. The van der Waals surface area contributed by atoms with Gasteiger partial charge < -0.3 is 13.9 Å². The van der Waals surface area contributed by atoms with E-state index in [9.17, 15) is 26.4 Å². The van der Waals surface area contributed by atoms with Gasteiger partial charge in [-0.15, -0.1) is 0 Å². The number of ether oxygens (including phenoxy) is 2. The van der Waals surface area contributed by atoms with Gasteiger partial charge in [0.2, 0.25) is 20.0 Å². The molecular weight excluding hydrogens is 524 g/mol. The summed E-state index contributed by atoms with van der Waals surface area (Å²) >= 11 is 0. The van der Waals surface area contributed by atoms with E-state index in [0.29, 0.717) is 33.8 Å². The maximum absolute atomic E-state index is 12.0. The third-order valence-corrected chi connectivity index (χ3v) is 6.30. The largest absolute Gasteiger partial charge is 0.469 e. The number of hydrogen-bond donors (Lipinski definition) is 2. The quantitative estimate of drug-likeness (QED) is 0.362. The minimum absolute atomic E-state index is 0.0949. The van der Waals surface area contributed by atoms with Crippen molar-refractivity contribution in [3.8, 4) is 22.6 Å². The Labute approximate surface area is 214 Å². The fraction of sp³-hybridized carbons (Fsp3) is 0.250. The molecule has 0 atom stereocenters. The predicted octanol–water partition coefficient (Wildman–Crippen LogP) is 2.79. The Kier molecular flexibility index (Phi) is 8.28. The lowest BCUT2D eigenvalue weighted by molar-refractivity contribution is -0.140. The first kappa shape index (κ1) is 27.7. The zero-order chi connectivity index (χ0) is 27.4. The maximum Gasteiger partial charge on any atom is 0.310 e. The molecule has 0 aliphatic rings. The molecule has 3 rings (SSSR count). The summed E-state index contributed by atoms with van der Waals surface area (Å²) in [5, 5.41) is 0. The fourth-order valence-electron chi connectivity index (χ4n) is 3.56. The van der Waals surface area contributed by atoms with Crippen LogP contribution in [0.2, 0.25) is 0 Å². The number of rotatable bonds is 10. The van der Waals surface area contributed by atoms with Crippen molar-refractivity contribution in [2.75, 3.05) is 36.2 Å². The van der Waals surface area contributed by atoms with Crippen molar-refractivity contribution in [2.24, 2.45) is 0 Å². The predicted molar refractivity (Wildman–Crippen MR) is 138 cm³/mol. The van der Waals surface area contributed by atoms with Crippen molar-refractivity contribution in [1.29, 1.82) is 0 Å². The molecule has 1 aromatic heterocycles. The molecule has 0 aliphatic heterocycles. The Morgan fingerprint density at radius 1 is 0.703 bits per heavy atom. The van der Waals surface area contributed by atoms with Gasteiger partial charge in [0.25, 0.3) is 0 Å². The summed E-state index contributed by atoms with van der Waals surface area (Å²) in [6.45, 7) is 0. The van der Waals surface area contributed by atoms with Gasteiger partial charge in [0.15, 0.2) is 0 Å². The maximum atomic E-state index is 12.0. The first-order valence-corrected chi connectivity index (χ1v) is 14.5. The zero-order valence-corrected chi connectivity index (χ0v) is 22.2. The van der Waals surface area contributed by atoms with Gasteiger partial charge >= 0.3 is 11.9 Å². The van der Waals surface area contributed by atoms with Crippen LogP contribution in [0, 0.1) is 0 Å². The molecule has 0 saturated heterocycles. The lowest BCUT2D eigenvalue weighted by Gasteiger charge is -2.12. The molecule has 0 radical (unpaired) electrons. The van der Waals surface area contributed by atoms with Gasteiger partial charge in [0.05, 0.1) is 39.6 Å². The van der Waals surface area contributed by atoms with Gasteiger partial charge in [0.1, 0.15) is 11.5 Å². The second-order valence-corrected chi connectivity index (χ2v) is 11.7. The average Bonchev–Trinajstić information content (AvgIpc) is 3.28. The minimum Gasteiger partial charge on any atom is -0.469 e. The third-order valence-electron chi connectivity index (χ3n) is 5.09. The van der Waals surface area contributed by atoms with E-state index in [4.69, 9.17) is 13.9 Å². The smallest absolute Gasteiger partial charge is 0.310 e. The number of carbonyl (C=O) groups is 2. The molecule has 0 spiro atoms. The lowest BCUT2D eigenvalue weighted by atomic mass is 10.0. The summed E-state index contributed by atoms with van der Waals surface area (Å²) in [7, 11) is -4.62. The van der Waals surface area contributed by atoms with Crippen LogP contribution >= 0.6 is 0 Å². The van der Waals surface area contributed by atoms with Crippen LogP contribution < -0.4 is 9.44 Å². The van der Waals surface area contributed by atoms with E-state index in [1.807, 2.05) is 0 Å². The van der Waals surface area contributed by atoms with Crippen LogP contribution in [0.4, 0.5) is 11.4 Å². The molecule has 11 nitrogen and oxygen atoms in total. The molecule has 0 saturated carbocycles. The Hall–Kier alpha value is -3.84. The fourth-order valence-corrected chi connectivity index (χ4v) is 4.67. The van der Waals surface area contributed by atoms with Gasteiger partial charge in [-0.25, -0.2) is 16.8 Å². The highest BCUT2D eigenvalue weighted by atomic mass is 32.2. The summed E-state index contributed by atoms with van der Waals surface area (Å²) in [4.78, 5) is 23.9. The van der Waals surface area contributed by atoms with Crippen LogP contribution in [0.15, 0.2) is 52.9 Å². The van der Waals surface area contributed by atoms with Crippen LogP contribution in [0.5, 0.6) is 0 Å². The van der Waals surface area contributed by atoms with Crippen LogP contribution in [-0.2, 0) is 52.0 Å². The summed E-state index contributed by atoms with van der Waals surface area (Å²) < 4.78 is 67.3. The van der Waals surface area contributed by atoms with E-state index in [-0.39, 0.29) is 24.2 Å². The van der Waals surface area contributed by atoms with Crippen molar-refractivity contribution in [1.82, 2.24) is 0 Å². The summed E-state index contributed by atoms with van der Waals surface area (Å²) in [5.41, 5.74) is 2.43. The second-order valence-electron chi connectivity index (χ2n) is 8.16. The van der Waals surface area contributed by atoms with Gasteiger partial charge in [0, 0.05) is 22.5 Å². The number of esters is 2. The molecule has 0 aliphatic carbocycles. The summed E-state index contributed by atoms with van der Waals surface area (Å²) in [6.07, 6.45) is 1.84. The average molecular weight is 551 g/mol. The van der Waals surface area contributed by atoms with Crippen LogP contribution in [0.25, 0.3) is 22.6 Å². The number of carbonyl (C=O) groups excluding carboxylic acids is 2. The standard InChI is InChI=1S/C24H26N2O9S2/c1-33-23(27)11-15-5-7-17(25-36(3,29)30)13-19(15)21-9-10-22(35-21)20-14-18(26-37(4,31)32)8-6-16(20)12-24(28)34-2/h5-10,13-14,25-26H,11-12H2,1-4H3. The lowest BCUT2D eigenvalue weighted by Crippen LogP contribution is -2.10. The molecule has 3 aromatic rings. The molecule has 0 bridgehead atoms. The van der Waals surface area contributed by atoms with Gasteiger partial charge in [-0.3, -0.25) is 19.0 Å². The van der Waals surface area contributed by atoms with E-state index < -0.39 is 32.0 Å². The normalized spacial score (nSPS) is 11.6.